The maximum absolute atomic E-state index is 12.8. The molecule has 0 saturated carbocycles. The molecule has 0 aliphatic carbocycles. The number of thioether (sulfide) groups is 1. The fraction of sp³-hybridized carbons (Fsp3) is 0.350. The van der Waals surface area contributed by atoms with Gasteiger partial charge >= 0.3 is 0 Å². The summed E-state index contributed by atoms with van der Waals surface area (Å²) in [6.07, 6.45) is 3.27. The summed E-state index contributed by atoms with van der Waals surface area (Å²) >= 11 is 7.41. The van der Waals surface area contributed by atoms with Crippen LogP contribution in [0.15, 0.2) is 45.0 Å². The van der Waals surface area contributed by atoms with Gasteiger partial charge in [-0.25, -0.2) is 8.42 Å². The van der Waals surface area contributed by atoms with Crippen LogP contribution in [0.1, 0.15) is 18.6 Å². The number of hydrogen-bond acceptors (Lipinski definition) is 7. The van der Waals surface area contributed by atoms with E-state index >= 15 is 0 Å². The Hall–Kier alpha value is -2.34. The number of nitrogens with zero attached hydrogens (tertiary/aromatic N) is 4. The van der Waals surface area contributed by atoms with Crippen LogP contribution in [-0.4, -0.2) is 52.2 Å². The molecule has 1 amide bonds. The van der Waals surface area contributed by atoms with E-state index in [1.807, 2.05) is 20.0 Å². The average Bonchev–Trinajstić information content (AvgIpc) is 3.50. The Labute approximate surface area is 195 Å². The summed E-state index contributed by atoms with van der Waals surface area (Å²) in [6, 6.07) is 6.15. The van der Waals surface area contributed by atoms with E-state index in [-0.39, 0.29) is 27.3 Å². The molecule has 2 aromatic heterocycles. The van der Waals surface area contributed by atoms with Crippen LogP contribution >= 0.6 is 23.4 Å². The quantitative estimate of drug-likeness (QED) is 0.499. The van der Waals surface area contributed by atoms with Crippen molar-refractivity contribution in [3.63, 3.8) is 0 Å². The van der Waals surface area contributed by atoms with Crippen molar-refractivity contribution in [1.82, 2.24) is 19.1 Å². The summed E-state index contributed by atoms with van der Waals surface area (Å²) in [5.74, 6) is 1.09. The third-order valence-corrected chi connectivity index (χ3v) is 8.43. The predicted octanol–water partition coefficient (Wildman–Crippen LogP) is 3.55. The predicted molar refractivity (Wildman–Crippen MR) is 122 cm³/mol. The molecule has 1 N–H and O–H groups in total. The van der Waals surface area contributed by atoms with E-state index in [0.717, 1.165) is 24.2 Å². The summed E-state index contributed by atoms with van der Waals surface area (Å²) in [5, 5.41) is 11.8. The number of carbonyl (C=O) groups excluding carboxylic acids is 1. The molecule has 1 aromatic carbocycles. The molecule has 1 fully saturated rings. The first kappa shape index (κ1) is 22.8. The lowest BCUT2D eigenvalue weighted by Crippen LogP contribution is -2.28. The number of sulfonamides is 1. The highest BCUT2D eigenvalue weighted by Crippen LogP contribution is 2.29. The molecule has 0 radical (unpaired) electrons. The zero-order chi connectivity index (χ0) is 22.9. The molecule has 12 heteroatoms. The van der Waals surface area contributed by atoms with Crippen LogP contribution in [0.4, 0.5) is 5.69 Å². The zero-order valence-corrected chi connectivity index (χ0v) is 19.9. The number of anilines is 1. The lowest BCUT2D eigenvalue weighted by atomic mass is 10.2. The summed E-state index contributed by atoms with van der Waals surface area (Å²) < 4.78 is 34.1. The highest BCUT2D eigenvalue weighted by Gasteiger charge is 2.28. The number of rotatable bonds is 7. The van der Waals surface area contributed by atoms with Gasteiger partial charge in [0.2, 0.25) is 15.9 Å². The van der Waals surface area contributed by atoms with Gasteiger partial charge in [0.15, 0.2) is 11.0 Å². The molecule has 170 valence electrons. The van der Waals surface area contributed by atoms with E-state index in [2.05, 4.69) is 15.5 Å². The molecule has 32 heavy (non-hydrogen) atoms. The third-order valence-electron chi connectivity index (χ3n) is 5.18. The topological polar surface area (TPSA) is 110 Å². The minimum atomic E-state index is -3.61. The van der Waals surface area contributed by atoms with E-state index in [9.17, 15) is 13.2 Å². The number of nitrogens with one attached hydrogen (secondary N) is 1. The van der Waals surface area contributed by atoms with E-state index in [4.69, 9.17) is 16.0 Å². The Bertz CT molecular complexity index is 1250. The minimum Gasteiger partial charge on any atom is -0.469 e. The number of aryl methyl sites for hydroxylation is 1. The molecule has 4 rings (SSSR count). The Balaban J connectivity index is 1.44. The van der Waals surface area contributed by atoms with Crippen molar-refractivity contribution in [3.05, 3.63) is 41.3 Å². The van der Waals surface area contributed by atoms with Crippen LogP contribution in [0.2, 0.25) is 5.02 Å². The Morgan fingerprint density at radius 1 is 1.25 bits per heavy atom. The monoisotopic (exact) mass is 495 g/mol. The van der Waals surface area contributed by atoms with Crippen molar-refractivity contribution in [3.8, 4) is 11.4 Å². The lowest BCUT2D eigenvalue weighted by molar-refractivity contribution is -0.113. The molecule has 0 unspecified atom stereocenters. The Morgan fingerprint density at radius 2 is 2.00 bits per heavy atom. The second-order valence-electron chi connectivity index (χ2n) is 7.35. The first-order chi connectivity index (χ1) is 15.3. The SMILES string of the molecule is Cc1occc1-c1nnc(SCC(=O)Nc2cc(S(=O)(=O)N3CCCC3)ccc2Cl)n1C. The van der Waals surface area contributed by atoms with Crippen LogP contribution in [0.5, 0.6) is 0 Å². The molecular weight excluding hydrogens is 474 g/mol. The largest absolute Gasteiger partial charge is 0.469 e. The maximum Gasteiger partial charge on any atom is 0.243 e. The van der Waals surface area contributed by atoms with Gasteiger partial charge < -0.3 is 14.3 Å². The van der Waals surface area contributed by atoms with Crippen molar-refractivity contribution < 1.29 is 17.6 Å². The maximum atomic E-state index is 12.8. The molecule has 3 aromatic rings. The minimum absolute atomic E-state index is 0.0514. The zero-order valence-electron chi connectivity index (χ0n) is 17.5. The van der Waals surface area contributed by atoms with Gasteiger partial charge in [0.1, 0.15) is 5.76 Å². The molecule has 0 bridgehead atoms. The van der Waals surface area contributed by atoms with Crippen LogP contribution in [0.25, 0.3) is 11.4 Å². The van der Waals surface area contributed by atoms with Gasteiger partial charge in [-0.1, -0.05) is 23.4 Å². The first-order valence-electron chi connectivity index (χ1n) is 9.93. The first-order valence-corrected chi connectivity index (χ1v) is 12.7. The fourth-order valence-electron chi connectivity index (χ4n) is 3.45. The standard InChI is InChI=1S/C20H22ClN5O4S2/c1-13-15(7-10-30-13)19-23-24-20(25(19)2)31-12-18(27)22-17-11-14(5-6-16(17)21)32(28,29)26-8-3-4-9-26/h5-7,10-11H,3-4,8-9,12H2,1-2H3,(H,22,27). The van der Waals surface area contributed by atoms with Gasteiger partial charge in [0.25, 0.3) is 0 Å². The van der Waals surface area contributed by atoms with Crippen LogP contribution in [0.3, 0.4) is 0 Å². The van der Waals surface area contributed by atoms with Crippen molar-refractivity contribution in [2.45, 2.75) is 29.8 Å². The summed E-state index contributed by atoms with van der Waals surface area (Å²) in [5.41, 5.74) is 1.09. The van der Waals surface area contributed by atoms with Crippen LogP contribution in [-0.2, 0) is 21.9 Å². The number of amides is 1. The Morgan fingerprint density at radius 3 is 2.69 bits per heavy atom. The molecular formula is C20H22ClN5O4S2. The molecule has 0 spiro atoms. The number of halogens is 1. The van der Waals surface area contributed by atoms with Crippen molar-refractivity contribution in [2.75, 3.05) is 24.2 Å². The number of aromatic nitrogens is 3. The van der Waals surface area contributed by atoms with Crippen molar-refractivity contribution in [2.24, 2.45) is 7.05 Å². The van der Waals surface area contributed by atoms with Gasteiger partial charge in [-0.05, 0) is 44.0 Å². The molecule has 1 aliphatic rings. The van der Waals surface area contributed by atoms with Gasteiger partial charge in [0.05, 0.1) is 33.2 Å². The molecule has 9 nitrogen and oxygen atoms in total. The van der Waals surface area contributed by atoms with Gasteiger partial charge in [-0.2, -0.15) is 4.31 Å². The van der Waals surface area contributed by atoms with E-state index in [1.54, 1.807) is 10.8 Å². The van der Waals surface area contributed by atoms with E-state index in [1.165, 1.54) is 34.3 Å². The molecule has 1 saturated heterocycles. The van der Waals surface area contributed by atoms with Gasteiger partial charge in [-0.15, -0.1) is 10.2 Å². The summed E-state index contributed by atoms with van der Waals surface area (Å²) in [7, 11) is -1.80. The highest BCUT2D eigenvalue weighted by atomic mass is 35.5. The van der Waals surface area contributed by atoms with E-state index in [0.29, 0.717) is 24.1 Å². The number of hydrogen-bond donors (Lipinski definition) is 1. The average molecular weight is 496 g/mol. The second-order valence-corrected chi connectivity index (χ2v) is 10.6. The van der Waals surface area contributed by atoms with Gasteiger partial charge in [-0.3, -0.25) is 4.79 Å². The summed E-state index contributed by atoms with van der Waals surface area (Å²) in [4.78, 5) is 12.6. The van der Waals surface area contributed by atoms with E-state index < -0.39 is 10.0 Å². The third kappa shape index (κ3) is 4.56. The molecule has 3 heterocycles. The van der Waals surface area contributed by atoms with Gasteiger partial charge in [0, 0.05) is 20.1 Å². The molecule has 1 aliphatic heterocycles. The summed E-state index contributed by atoms with van der Waals surface area (Å²) in [6.45, 7) is 2.84. The highest BCUT2D eigenvalue weighted by molar-refractivity contribution is 7.99. The van der Waals surface area contributed by atoms with Crippen molar-refractivity contribution in [1.29, 1.82) is 0 Å². The molecule has 0 atom stereocenters. The lowest BCUT2D eigenvalue weighted by Gasteiger charge is -2.16. The number of benzene rings is 1. The van der Waals surface area contributed by atoms with Crippen LogP contribution < -0.4 is 5.32 Å². The second kappa shape index (κ2) is 9.26. The number of carbonyl (C=O) groups is 1. The number of furan rings is 1. The van der Waals surface area contributed by atoms with Crippen molar-refractivity contribution >= 4 is 45.0 Å². The smallest absolute Gasteiger partial charge is 0.243 e. The Kier molecular flexibility index (Phi) is 6.61. The van der Waals surface area contributed by atoms with Crippen LogP contribution in [0, 0.1) is 6.92 Å². The normalized spacial score (nSPS) is 14.7. The fourth-order valence-corrected chi connectivity index (χ4v) is 5.87.